The van der Waals surface area contributed by atoms with Crippen molar-refractivity contribution in [2.24, 2.45) is 0 Å². The highest BCUT2D eigenvalue weighted by molar-refractivity contribution is 5.81. The summed E-state index contributed by atoms with van der Waals surface area (Å²) in [5.74, 6) is 0.840. The zero-order valence-electron chi connectivity index (χ0n) is 11.4. The van der Waals surface area contributed by atoms with E-state index in [4.69, 9.17) is 0 Å². The molecule has 4 heteroatoms. The fraction of sp³-hybridized carbons (Fsp3) is 0.0588. The Morgan fingerprint density at radius 3 is 2.57 bits per heavy atom. The van der Waals surface area contributed by atoms with Crippen molar-refractivity contribution >= 4 is 10.9 Å². The van der Waals surface area contributed by atoms with Gasteiger partial charge in [0.05, 0.1) is 18.3 Å². The van der Waals surface area contributed by atoms with Crippen LogP contribution in [0.25, 0.3) is 16.7 Å². The molecular formula is C17H14N4. The van der Waals surface area contributed by atoms with Gasteiger partial charge in [-0.25, -0.2) is 4.68 Å². The van der Waals surface area contributed by atoms with Crippen LogP contribution < -0.4 is 0 Å². The molecule has 2 aromatic heterocycles. The van der Waals surface area contributed by atoms with E-state index in [1.54, 1.807) is 0 Å². The van der Waals surface area contributed by atoms with E-state index in [2.05, 4.69) is 45.2 Å². The summed E-state index contributed by atoms with van der Waals surface area (Å²) in [6.07, 6.45) is 4.00. The molecule has 4 nitrogen and oxygen atoms in total. The van der Waals surface area contributed by atoms with Crippen molar-refractivity contribution in [1.82, 2.24) is 19.6 Å². The van der Waals surface area contributed by atoms with Gasteiger partial charge in [-0.1, -0.05) is 53.7 Å². The molecule has 0 aliphatic carbocycles. The molecule has 0 spiro atoms. The maximum Gasteiger partial charge on any atom is 0.179 e. The Morgan fingerprint density at radius 1 is 0.857 bits per heavy atom. The van der Waals surface area contributed by atoms with Gasteiger partial charge in [-0.15, -0.1) is 5.10 Å². The second-order valence-corrected chi connectivity index (χ2v) is 5.00. The van der Waals surface area contributed by atoms with E-state index in [1.165, 1.54) is 10.9 Å². The van der Waals surface area contributed by atoms with Gasteiger partial charge in [-0.2, -0.15) is 0 Å². The van der Waals surface area contributed by atoms with Crippen LogP contribution in [0.4, 0.5) is 0 Å². The van der Waals surface area contributed by atoms with Crippen LogP contribution in [-0.4, -0.2) is 19.6 Å². The normalized spacial score (nSPS) is 11.0. The van der Waals surface area contributed by atoms with Crippen LogP contribution in [0.3, 0.4) is 0 Å². The number of hydrogen-bond acceptors (Lipinski definition) is 2. The van der Waals surface area contributed by atoms with Crippen LogP contribution >= 0.6 is 0 Å². The van der Waals surface area contributed by atoms with Crippen LogP contribution in [-0.2, 0) is 6.54 Å². The molecule has 0 aliphatic heterocycles. The summed E-state index contributed by atoms with van der Waals surface area (Å²) >= 11 is 0. The Bertz CT molecular complexity index is 874. The van der Waals surface area contributed by atoms with Gasteiger partial charge >= 0.3 is 0 Å². The molecule has 0 saturated heterocycles. The standard InChI is InChI=1S/C17H14N4/c1-2-6-14(7-3-1)12-20-13-17(18-19-20)21-11-10-15-8-4-5-9-16(15)21/h1-11,13H,12H2. The Morgan fingerprint density at radius 2 is 1.67 bits per heavy atom. The first-order valence-corrected chi connectivity index (χ1v) is 6.91. The van der Waals surface area contributed by atoms with Crippen molar-refractivity contribution in [3.63, 3.8) is 0 Å². The Hall–Kier alpha value is -2.88. The summed E-state index contributed by atoms with van der Waals surface area (Å²) in [6.45, 7) is 0.729. The molecule has 0 unspecified atom stereocenters. The smallest absolute Gasteiger partial charge is 0.179 e. The lowest BCUT2D eigenvalue weighted by Crippen LogP contribution is -1.99. The van der Waals surface area contributed by atoms with Gasteiger partial charge in [-0.05, 0) is 23.1 Å². The first-order chi connectivity index (χ1) is 10.4. The number of para-hydroxylation sites is 1. The highest BCUT2D eigenvalue weighted by Gasteiger charge is 2.06. The van der Waals surface area contributed by atoms with Gasteiger partial charge in [-0.3, -0.25) is 4.57 Å². The molecular weight excluding hydrogens is 260 g/mol. The SMILES string of the molecule is c1ccc(Cn2cc(-n3ccc4ccccc43)nn2)cc1. The van der Waals surface area contributed by atoms with Crippen LogP contribution in [0.15, 0.2) is 73.1 Å². The van der Waals surface area contributed by atoms with E-state index in [9.17, 15) is 0 Å². The molecule has 0 atom stereocenters. The zero-order valence-corrected chi connectivity index (χ0v) is 11.4. The van der Waals surface area contributed by atoms with Crippen molar-refractivity contribution in [1.29, 1.82) is 0 Å². The molecule has 21 heavy (non-hydrogen) atoms. The first kappa shape index (κ1) is 11.9. The molecule has 0 aliphatic rings. The van der Waals surface area contributed by atoms with Gasteiger partial charge in [0.2, 0.25) is 0 Å². The van der Waals surface area contributed by atoms with Crippen LogP contribution in [0.5, 0.6) is 0 Å². The lowest BCUT2D eigenvalue weighted by atomic mass is 10.2. The van der Waals surface area contributed by atoms with Gasteiger partial charge in [0.15, 0.2) is 5.82 Å². The molecule has 102 valence electrons. The third kappa shape index (κ3) is 2.21. The lowest BCUT2D eigenvalue weighted by molar-refractivity contribution is 0.649. The van der Waals surface area contributed by atoms with Gasteiger partial charge in [0.25, 0.3) is 0 Å². The van der Waals surface area contributed by atoms with E-state index in [-0.39, 0.29) is 0 Å². The third-order valence-electron chi connectivity index (χ3n) is 3.56. The van der Waals surface area contributed by atoms with E-state index < -0.39 is 0 Å². The number of fused-ring (bicyclic) bond motifs is 1. The van der Waals surface area contributed by atoms with Gasteiger partial charge in [0.1, 0.15) is 0 Å². The molecule has 0 radical (unpaired) electrons. The molecule has 0 N–H and O–H groups in total. The monoisotopic (exact) mass is 274 g/mol. The first-order valence-electron chi connectivity index (χ1n) is 6.91. The number of rotatable bonds is 3. The van der Waals surface area contributed by atoms with Crippen molar-refractivity contribution in [2.45, 2.75) is 6.54 Å². The minimum Gasteiger partial charge on any atom is -0.298 e. The second-order valence-electron chi connectivity index (χ2n) is 5.00. The molecule has 0 amide bonds. The molecule has 0 bridgehead atoms. The lowest BCUT2D eigenvalue weighted by Gasteiger charge is -2.00. The van der Waals surface area contributed by atoms with E-state index in [0.29, 0.717) is 0 Å². The third-order valence-corrected chi connectivity index (χ3v) is 3.56. The largest absolute Gasteiger partial charge is 0.298 e. The highest BCUT2D eigenvalue weighted by atomic mass is 15.4. The quantitative estimate of drug-likeness (QED) is 0.575. The van der Waals surface area contributed by atoms with Crippen molar-refractivity contribution in [2.75, 3.05) is 0 Å². The van der Waals surface area contributed by atoms with Crippen LogP contribution in [0.2, 0.25) is 0 Å². The minimum absolute atomic E-state index is 0.729. The molecule has 0 fully saturated rings. The van der Waals surface area contributed by atoms with E-state index in [1.807, 2.05) is 47.4 Å². The Kier molecular flexibility index (Phi) is 2.78. The minimum atomic E-state index is 0.729. The van der Waals surface area contributed by atoms with Crippen LogP contribution in [0.1, 0.15) is 5.56 Å². The summed E-state index contributed by atoms with van der Waals surface area (Å²) in [5, 5.41) is 9.70. The molecule has 2 heterocycles. The topological polar surface area (TPSA) is 35.6 Å². The average Bonchev–Trinajstić information content (AvgIpc) is 3.14. The highest BCUT2D eigenvalue weighted by Crippen LogP contribution is 2.18. The van der Waals surface area contributed by atoms with Crippen molar-refractivity contribution < 1.29 is 0 Å². The molecule has 4 aromatic rings. The van der Waals surface area contributed by atoms with Gasteiger partial charge in [0, 0.05) is 6.20 Å². The Balaban J connectivity index is 1.68. The summed E-state index contributed by atoms with van der Waals surface area (Å²) in [5.41, 5.74) is 2.36. The molecule has 0 saturated carbocycles. The maximum atomic E-state index is 4.28. The van der Waals surface area contributed by atoms with Crippen LogP contribution in [0, 0.1) is 0 Å². The summed E-state index contributed by atoms with van der Waals surface area (Å²) in [7, 11) is 0. The predicted molar refractivity (Wildman–Crippen MR) is 82.4 cm³/mol. The predicted octanol–water partition coefficient (Wildman–Crippen LogP) is 3.27. The number of aromatic nitrogens is 4. The van der Waals surface area contributed by atoms with Gasteiger partial charge < -0.3 is 0 Å². The maximum absolute atomic E-state index is 4.28. The van der Waals surface area contributed by atoms with E-state index >= 15 is 0 Å². The summed E-state index contributed by atoms with van der Waals surface area (Å²) in [4.78, 5) is 0. The fourth-order valence-electron chi connectivity index (χ4n) is 2.53. The van der Waals surface area contributed by atoms with Crippen molar-refractivity contribution in [3.05, 3.63) is 78.6 Å². The summed E-state index contributed by atoms with van der Waals surface area (Å²) < 4.78 is 3.92. The molecule has 2 aromatic carbocycles. The number of nitrogens with zero attached hydrogens (tertiary/aromatic N) is 4. The molecule has 4 rings (SSSR count). The zero-order chi connectivity index (χ0) is 14.1. The second kappa shape index (κ2) is 4.90. The van der Waals surface area contributed by atoms with E-state index in [0.717, 1.165) is 17.9 Å². The fourth-order valence-corrected chi connectivity index (χ4v) is 2.53. The summed E-state index contributed by atoms with van der Waals surface area (Å²) in [6, 6.07) is 20.6. The van der Waals surface area contributed by atoms with Crippen molar-refractivity contribution in [3.8, 4) is 5.82 Å². The average molecular weight is 274 g/mol. The number of hydrogen-bond donors (Lipinski definition) is 0. The Labute approximate surface area is 122 Å². The number of benzene rings is 2.